The number of rotatable bonds is 5. The van der Waals surface area contributed by atoms with E-state index in [1.54, 1.807) is 19.1 Å². The smallest absolute Gasteiger partial charge is 0.328 e. The summed E-state index contributed by atoms with van der Waals surface area (Å²) in [6.07, 6.45) is -4.02. The van der Waals surface area contributed by atoms with E-state index >= 15 is 0 Å². The average molecular weight is 521 g/mol. The molecule has 37 heavy (non-hydrogen) atoms. The lowest BCUT2D eigenvalue weighted by atomic mass is 9.99. The first-order valence-corrected chi connectivity index (χ1v) is 11.3. The van der Waals surface area contributed by atoms with Gasteiger partial charge in [-0.3, -0.25) is 15.2 Å². The molecule has 196 valence electrons. The Morgan fingerprint density at radius 2 is 1.68 bits per heavy atom. The Kier molecular flexibility index (Phi) is 8.15. The van der Waals surface area contributed by atoms with Crippen molar-refractivity contribution in [2.75, 3.05) is 6.54 Å². The zero-order valence-electron chi connectivity index (χ0n) is 20.5. The van der Waals surface area contributed by atoms with Crippen LogP contribution in [0.1, 0.15) is 52.6 Å². The summed E-state index contributed by atoms with van der Waals surface area (Å²) in [5, 5.41) is 3.51. The molecule has 0 radical (unpaired) electrons. The third-order valence-electron chi connectivity index (χ3n) is 5.51. The first-order chi connectivity index (χ1) is 17.3. The lowest BCUT2D eigenvalue weighted by Crippen LogP contribution is -2.51. The molecule has 0 saturated heterocycles. The number of amides is 3. The number of hydrogen-bond acceptors (Lipinski definition) is 3. The highest BCUT2D eigenvalue weighted by Gasteiger charge is 2.37. The van der Waals surface area contributed by atoms with Gasteiger partial charge in [-0.25, -0.2) is 18.6 Å². The average Bonchev–Trinajstić information content (AvgIpc) is 2.80. The van der Waals surface area contributed by atoms with E-state index in [1.807, 2.05) is 19.9 Å². The van der Waals surface area contributed by atoms with Gasteiger partial charge in [0.05, 0.1) is 17.3 Å². The van der Waals surface area contributed by atoms with Crippen molar-refractivity contribution in [2.24, 2.45) is 0 Å². The van der Waals surface area contributed by atoms with E-state index in [4.69, 9.17) is 0 Å². The van der Waals surface area contributed by atoms with Crippen molar-refractivity contribution in [2.45, 2.75) is 39.9 Å². The van der Waals surface area contributed by atoms with Crippen molar-refractivity contribution in [1.82, 2.24) is 20.7 Å². The van der Waals surface area contributed by atoms with Crippen LogP contribution in [-0.2, 0) is 6.18 Å². The molecule has 1 unspecified atom stereocenters. The predicted molar refractivity (Wildman–Crippen MR) is 127 cm³/mol. The van der Waals surface area contributed by atoms with E-state index in [9.17, 15) is 31.5 Å². The second-order valence-electron chi connectivity index (χ2n) is 8.48. The number of nitrogens with one attached hydrogen (secondary N) is 2. The standard InChI is InChI=1S/C26H25F5N4O2/c1-5-35(34-24(36)17-10-14(2)9-15(3)11-17)25(37)33-16(4)23-21(28)12-18(13-32-23)19-7-6-8-20(27)22(19)26(29,30)31/h6-13,16H,5H2,1-4H3,(H,33,37)(H,34,36). The van der Waals surface area contributed by atoms with Gasteiger partial charge in [0.1, 0.15) is 11.6 Å². The second-order valence-corrected chi connectivity index (χ2v) is 8.48. The van der Waals surface area contributed by atoms with Crippen molar-refractivity contribution < 1.29 is 31.5 Å². The van der Waals surface area contributed by atoms with Gasteiger partial charge < -0.3 is 5.32 Å². The van der Waals surface area contributed by atoms with Crippen LogP contribution in [0.3, 0.4) is 0 Å². The number of carbonyl (C=O) groups excluding carboxylic acids is 2. The Hall–Kier alpha value is -4.02. The van der Waals surface area contributed by atoms with Crippen LogP contribution in [0.5, 0.6) is 0 Å². The molecule has 11 heteroatoms. The normalized spacial score (nSPS) is 12.1. The van der Waals surface area contributed by atoms with Crippen LogP contribution in [0, 0.1) is 25.5 Å². The van der Waals surface area contributed by atoms with Gasteiger partial charge in [0.25, 0.3) is 5.91 Å². The van der Waals surface area contributed by atoms with E-state index < -0.39 is 46.9 Å². The first-order valence-electron chi connectivity index (χ1n) is 11.3. The maximum absolute atomic E-state index is 14.9. The van der Waals surface area contributed by atoms with Crippen molar-refractivity contribution in [1.29, 1.82) is 0 Å². The van der Waals surface area contributed by atoms with Crippen LogP contribution >= 0.6 is 0 Å². The Morgan fingerprint density at radius 3 is 2.24 bits per heavy atom. The Labute approximate surface area is 210 Å². The SMILES string of the molecule is CCN(NC(=O)c1cc(C)cc(C)c1)C(=O)NC(C)c1ncc(-c2cccc(F)c2C(F)(F)F)cc1F. The molecule has 0 aliphatic heterocycles. The second kappa shape index (κ2) is 10.9. The van der Waals surface area contributed by atoms with Crippen molar-refractivity contribution >= 4 is 11.9 Å². The number of urea groups is 1. The maximum atomic E-state index is 14.9. The number of hydrazine groups is 1. The molecule has 3 rings (SSSR count). The molecule has 0 spiro atoms. The zero-order chi connectivity index (χ0) is 27.5. The van der Waals surface area contributed by atoms with Crippen molar-refractivity contribution in [3.8, 4) is 11.1 Å². The van der Waals surface area contributed by atoms with Crippen LogP contribution in [0.15, 0.2) is 48.7 Å². The molecule has 0 saturated carbocycles. The van der Waals surface area contributed by atoms with Gasteiger partial charge in [0.15, 0.2) is 0 Å². The summed E-state index contributed by atoms with van der Waals surface area (Å²) >= 11 is 0. The number of aromatic nitrogens is 1. The molecule has 1 heterocycles. The monoisotopic (exact) mass is 520 g/mol. The lowest BCUT2D eigenvalue weighted by Gasteiger charge is -2.24. The number of carbonyl (C=O) groups is 2. The highest BCUT2D eigenvalue weighted by molar-refractivity contribution is 5.95. The van der Waals surface area contributed by atoms with E-state index in [0.29, 0.717) is 11.6 Å². The number of benzene rings is 2. The van der Waals surface area contributed by atoms with E-state index in [2.05, 4.69) is 15.7 Å². The number of hydrogen-bond donors (Lipinski definition) is 2. The van der Waals surface area contributed by atoms with Gasteiger partial charge in [-0.1, -0.05) is 29.3 Å². The predicted octanol–water partition coefficient (Wildman–Crippen LogP) is 6.10. The van der Waals surface area contributed by atoms with E-state index in [-0.39, 0.29) is 17.8 Å². The number of pyridine rings is 1. The maximum Gasteiger partial charge on any atom is 0.419 e. The Balaban J connectivity index is 1.77. The largest absolute Gasteiger partial charge is 0.419 e. The minimum atomic E-state index is -5.00. The molecule has 2 N–H and O–H groups in total. The minimum absolute atomic E-state index is 0.0870. The van der Waals surface area contributed by atoms with Gasteiger partial charge in [0, 0.05) is 23.9 Å². The molecule has 3 aromatic rings. The van der Waals surface area contributed by atoms with Gasteiger partial charge in [-0.05, 0) is 57.5 Å². The molecular formula is C26H25F5N4O2. The number of nitrogens with zero attached hydrogens (tertiary/aromatic N) is 2. The highest BCUT2D eigenvalue weighted by atomic mass is 19.4. The summed E-state index contributed by atoms with van der Waals surface area (Å²) in [6.45, 7) is 6.80. The summed E-state index contributed by atoms with van der Waals surface area (Å²) in [5.41, 5.74) is 1.98. The molecular weight excluding hydrogens is 495 g/mol. The fraction of sp³-hybridized carbons (Fsp3) is 0.269. The summed E-state index contributed by atoms with van der Waals surface area (Å²) in [6, 6.07) is 7.04. The highest BCUT2D eigenvalue weighted by Crippen LogP contribution is 2.39. The zero-order valence-corrected chi connectivity index (χ0v) is 20.5. The fourth-order valence-electron chi connectivity index (χ4n) is 3.87. The van der Waals surface area contributed by atoms with Crippen molar-refractivity contribution in [3.05, 3.63) is 88.2 Å². The third-order valence-corrected chi connectivity index (χ3v) is 5.51. The van der Waals surface area contributed by atoms with Crippen molar-refractivity contribution in [3.63, 3.8) is 0 Å². The van der Waals surface area contributed by atoms with Crippen LogP contribution in [-0.4, -0.2) is 28.5 Å². The molecule has 6 nitrogen and oxygen atoms in total. The molecule has 1 aromatic heterocycles. The molecule has 0 aliphatic carbocycles. The molecule has 0 aliphatic rings. The topological polar surface area (TPSA) is 74.3 Å². The van der Waals surface area contributed by atoms with Crippen LogP contribution < -0.4 is 10.7 Å². The number of halogens is 5. The summed E-state index contributed by atoms with van der Waals surface area (Å²) in [5.74, 6) is -3.00. The molecule has 3 amide bonds. The molecule has 2 aromatic carbocycles. The lowest BCUT2D eigenvalue weighted by molar-refractivity contribution is -0.139. The van der Waals surface area contributed by atoms with E-state index in [0.717, 1.165) is 40.5 Å². The third kappa shape index (κ3) is 6.41. The van der Waals surface area contributed by atoms with Crippen LogP contribution in [0.25, 0.3) is 11.1 Å². The Bertz CT molecular complexity index is 1310. The Morgan fingerprint density at radius 1 is 1.03 bits per heavy atom. The molecule has 0 fully saturated rings. The van der Waals surface area contributed by atoms with Gasteiger partial charge in [0.2, 0.25) is 0 Å². The summed E-state index contributed by atoms with van der Waals surface area (Å²) in [7, 11) is 0. The first kappa shape index (κ1) is 27.6. The van der Waals surface area contributed by atoms with Crippen LogP contribution in [0.4, 0.5) is 26.7 Å². The molecule has 0 bridgehead atoms. The van der Waals surface area contributed by atoms with Gasteiger partial charge >= 0.3 is 12.2 Å². The molecule has 1 atom stereocenters. The van der Waals surface area contributed by atoms with Gasteiger partial charge in [-0.2, -0.15) is 13.2 Å². The number of aryl methyl sites for hydroxylation is 2. The van der Waals surface area contributed by atoms with Crippen LogP contribution in [0.2, 0.25) is 0 Å². The van der Waals surface area contributed by atoms with Gasteiger partial charge in [-0.15, -0.1) is 0 Å². The summed E-state index contributed by atoms with van der Waals surface area (Å²) < 4.78 is 68.9. The minimum Gasteiger partial charge on any atom is -0.328 e. The fourth-order valence-corrected chi connectivity index (χ4v) is 3.87. The van der Waals surface area contributed by atoms with E-state index in [1.165, 1.54) is 6.92 Å². The quantitative estimate of drug-likeness (QED) is 0.315. The number of alkyl halides is 3. The summed E-state index contributed by atoms with van der Waals surface area (Å²) in [4.78, 5) is 29.2.